The van der Waals surface area contributed by atoms with Crippen molar-refractivity contribution < 1.29 is 27.8 Å². The van der Waals surface area contributed by atoms with Crippen LogP contribution in [0.3, 0.4) is 0 Å². The summed E-state index contributed by atoms with van der Waals surface area (Å²) in [6.45, 7) is 11.9. The highest BCUT2D eigenvalue weighted by molar-refractivity contribution is 7.89. The highest BCUT2D eigenvalue weighted by atomic mass is 32.2. The molecule has 2 atom stereocenters. The number of morpholine rings is 1. The van der Waals surface area contributed by atoms with E-state index in [9.17, 15) is 18.3 Å². The molecule has 10 nitrogen and oxygen atoms in total. The summed E-state index contributed by atoms with van der Waals surface area (Å²) in [4.78, 5) is 19.7. The largest absolute Gasteiger partial charge is 0.444 e. The number of aliphatic hydroxyl groups excluding tert-OH is 1. The van der Waals surface area contributed by atoms with Crippen molar-refractivity contribution in [3.05, 3.63) is 54.1 Å². The predicted molar refractivity (Wildman–Crippen MR) is 166 cm³/mol. The van der Waals surface area contributed by atoms with Crippen LogP contribution in [-0.2, 0) is 25.9 Å². The third-order valence-corrected chi connectivity index (χ3v) is 9.60. The van der Waals surface area contributed by atoms with E-state index in [1.54, 1.807) is 39.0 Å². The Hall–Kier alpha value is -2.77. The summed E-state index contributed by atoms with van der Waals surface area (Å²) < 4.78 is 41.0. The zero-order valence-electron chi connectivity index (χ0n) is 24.9. The summed E-state index contributed by atoms with van der Waals surface area (Å²) >= 11 is 1.46. The van der Waals surface area contributed by atoms with Gasteiger partial charge < -0.3 is 24.8 Å². The Kier molecular flexibility index (Phi) is 10.5. The van der Waals surface area contributed by atoms with E-state index in [0.29, 0.717) is 19.6 Å². The van der Waals surface area contributed by atoms with Gasteiger partial charge in [-0.3, -0.25) is 0 Å². The van der Waals surface area contributed by atoms with E-state index in [-0.39, 0.29) is 23.9 Å². The normalized spacial score (nSPS) is 16.1. The van der Waals surface area contributed by atoms with Gasteiger partial charge in [0.2, 0.25) is 10.0 Å². The van der Waals surface area contributed by atoms with Gasteiger partial charge in [-0.15, -0.1) is 0 Å². The Balaban J connectivity index is 1.58. The highest BCUT2D eigenvalue weighted by Gasteiger charge is 2.32. The molecular weight excluding hydrogens is 576 g/mol. The molecule has 42 heavy (non-hydrogen) atoms. The van der Waals surface area contributed by atoms with Crippen molar-refractivity contribution in [3.8, 4) is 0 Å². The Bertz CT molecular complexity index is 1430. The van der Waals surface area contributed by atoms with Gasteiger partial charge >= 0.3 is 6.09 Å². The van der Waals surface area contributed by atoms with Gasteiger partial charge in [0.05, 0.1) is 40.5 Å². The lowest BCUT2D eigenvalue weighted by Crippen LogP contribution is -2.51. The Morgan fingerprint density at radius 1 is 1.14 bits per heavy atom. The van der Waals surface area contributed by atoms with Crippen molar-refractivity contribution in [2.45, 2.75) is 63.7 Å². The third-order valence-electron chi connectivity index (χ3n) is 6.69. The number of amides is 1. The fraction of sp³-hybridized carbons (Fsp3) is 0.533. The van der Waals surface area contributed by atoms with Gasteiger partial charge in [0, 0.05) is 26.2 Å². The molecule has 0 spiro atoms. The molecule has 2 heterocycles. The Morgan fingerprint density at radius 3 is 2.48 bits per heavy atom. The molecular formula is C30H42N4O6S2. The molecule has 1 saturated heterocycles. The summed E-state index contributed by atoms with van der Waals surface area (Å²) in [5, 5.41) is 15.0. The number of alkyl carbamates (subject to hydrolysis) is 1. The first-order valence-corrected chi connectivity index (χ1v) is 16.5. The van der Waals surface area contributed by atoms with Gasteiger partial charge in [-0.25, -0.2) is 18.2 Å². The average Bonchev–Trinajstić information content (AvgIpc) is 3.36. The van der Waals surface area contributed by atoms with Crippen LogP contribution in [-0.4, -0.2) is 86.0 Å². The molecule has 1 aromatic heterocycles. The lowest BCUT2D eigenvalue weighted by atomic mass is 10.0. The maximum atomic E-state index is 14.0. The molecule has 4 rings (SSSR count). The smallest absolute Gasteiger partial charge is 0.407 e. The van der Waals surface area contributed by atoms with Crippen molar-refractivity contribution in [1.29, 1.82) is 0 Å². The molecule has 0 radical (unpaired) electrons. The number of sulfonamides is 1. The second kappa shape index (κ2) is 13.7. The van der Waals surface area contributed by atoms with Crippen LogP contribution in [0.1, 0.15) is 40.2 Å². The number of carbonyl (C=O) groups excluding carboxylic acids is 1. The summed E-state index contributed by atoms with van der Waals surface area (Å²) in [6, 6.07) is 13.6. The number of fused-ring (bicyclic) bond motifs is 1. The topological polar surface area (TPSA) is 121 Å². The van der Waals surface area contributed by atoms with Crippen LogP contribution < -0.4 is 10.2 Å². The summed E-state index contributed by atoms with van der Waals surface area (Å²) in [6.07, 6.45) is -1.58. The number of hydrogen-bond donors (Lipinski definition) is 2. The summed E-state index contributed by atoms with van der Waals surface area (Å²) in [5.41, 5.74) is 0.902. The molecule has 1 aliphatic rings. The molecule has 0 bridgehead atoms. The van der Waals surface area contributed by atoms with E-state index in [2.05, 4.69) is 10.2 Å². The van der Waals surface area contributed by atoms with Crippen molar-refractivity contribution in [2.75, 3.05) is 44.3 Å². The predicted octanol–water partition coefficient (Wildman–Crippen LogP) is 4.28. The monoisotopic (exact) mass is 618 g/mol. The molecule has 1 fully saturated rings. The number of carbonyl (C=O) groups is 1. The molecule has 2 N–H and O–H groups in total. The molecule has 12 heteroatoms. The van der Waals surface area contributed by atoms with E-state index < -0.39 is 33.9 Å². The van der Waals surface area contributed by atoms with Gasteiger partial charge in [-0.05, 0) is 56.9 Å². The number of benzene rings is 2. The maximum absolute atomic E-state index is 14.0. The van der Waals surface area contributed by atoms with Gasteiger partial charge in [-0.1, -0.05) is 55.5 Å². The molecule has 2 aromatic carbocycles. The van der Waals surface area contributed by atoms with Crippen LogP contribution in [0.4, 0.5) is 9.93 Å². The van der Waals surface area contributed by atoms with Gasteiger partial charge in [0.1, 0.15) is 5.60 Å². The Morgan fingerprint density at radius 2 is 1.83 bits per heavy atom. The lowest BCUT2D eigenvalue weighted by Gasteiger charge is -2.31. The highest BCUT2D eigenvalue weighted by Crippen LogP contribution is 2.32. The molecule has 0 saturated carbocycles. The number of hydrogen-bond acceptors (Lipinski definition) is 9. The Labute approximate surface area is 252 Å². The number of thiazole rings is 1. The number of rotatable bonds is 11. The van der Waals surface area contributed by atoms with E-state index >= 15 is 0 Å². The zero-order chi connectivity index (χ0) is 30.5. The molecule has 3 aromatic rings. The van der Waals surface area contributed by atoms with E-state index in [4.69, 9.17) is 14.5 Å². The van der Waals surface area contributed by atoms with Gasteiger partial charge in [0.25, 0.3) is 0 Å². The minimum absolute atomic E-state index is 0.00146. The van der Waals surface area contributed by atoms with Crippen molar-refractivity contribution in [1.82, 2.24) is 14.6 Å². The molecule has 1 amide bonds. The fourth-order valence-corrected chi connectivity index (χ4v) is 7.50. The first-order chi connectivity index (χ1) is 19.8. The van der Waals surface area contributed by atoms with Gasteiger partial charge in [0.15, 0.2) is 5.13 Å². The molecule has 230 valence electrons. The van der Waals surface area contributed by atoms with Crippen LogP contribution >= 0.6 is 11.3 Å². The first-order valence-electron chi connectivity index (χ1n) is 14.3. The van der Waals surface area contributed by atoms with E-state index in [1.165, 1.54) is 15.6 Å². The quantitative estimate of drug-likeness (QED) is 0.327. The van der Waals surface area contributed by atoms with E-state index in [1.807, 2.05) is 44.2 Å². The zero-order valence-corrected chi connectivity index (χ0v) is 26.6. The molecule has 1 aliphatic heterocycles. The minimum Gasteiger partial charge on any atom is -0.444 e. The van der Waals surface area contributed by atoms with Crippen LogP contribution in [0.25, 0.3) is 10.2 Å². The summed E-state index contributed by atoms with van der Waals surface area (Å²) in [5.74, 6) is -0.00146. The van der Waals surface area contributed by atoms with Crippen LogP contribution in [0.15, 0.2) is 53.4 Å². The lowest BCUT2D eigenvalue weighted by molar-refractivity contribution is 0.0400. The second-order valence-corrected chi connectivity index (χ2v) is 14.9. The fourth-order valence-electron chi connectivity index (χ4n) is 4.72. The second-order valence-electron chi connectivity index (χ2n) is 12.0. The summed E-state index contributed by atoms with van der Waals surface area (Å²) in [7, 11) is -3.99. The van der Waals surface area contributed by atoms with Crippen molar-refractivity contribution in [3.63, 3.8) is 0 Å². The van der Waals surface area contributed by atoms with E-state index in [0.717, 1.165) is 34.0 Å². The minimum atomic E-state index is -3.99. The average molecular weight is 619 g/mol. The third kappa shape index (κ3) is 8.63. The number of ether oxygens (including phenoxy) is 2. The van der Waals surface area contributed by atoms with Crippen LogP contribution in [0, 0.1) is 5.92 Å². The van der Waals surface area contributed by atoms with Crippen LogP contribution in [0.2, 0.25) is 0 Å². The first kappa shape index (κ1) is 32.2. The van der Waals surface area contributed by atoms with Crippen LogP contribution in [0.5, 0.6) is 0 Å². The van der Waals surface area contributed by atoms with Crippen molar-refractivity contribution >= 4 is 42.8 Å². The van der Waals surface area contributed by atoms with Gasteiger partial charge in [-0.2, -0.15) is 4.31 Å². The number of nitrogens with one attached hydrogen (secondary N) is 1. The molecule has 0 unspecified atom stereocenters. The maximum Gasteiger partial charge on any atom is 0.407 e. The number of aromatic nitrogens is 1. The number of aliphatic hydroxyl groups is 1. The number of nitrogens with zero attached hydrogens (tertiary/aromatic N) is 3. The number of anilines is 1. The SMILES string of the molecule is CC(C)CN(C[C@@H](O)[C@H](Cc1ccccc1)NC(=O)OC(C)(C)C)S(=O)(=O)c1ccc2nc(N3CCOCC3)sc2c1. The standard InChI is InChI=1S/C30H42N4O6S2/c1-21(2)19-34(20-26(35)25(17-22-9-7-6-8-10-22)32-29(36)40-30(3,4)5)42(37,38)23-11-12-24-27(18-23)41-28(31-24)33-13-15-39-16-14-33/h6-12,18,21,25-26,35H,13-17,19-20H2,1-5H3,(H,32,36)/t25-,26+/m0/s1. The molecule has 0 aliphatic carbocycles. The van der Waals surface area contributed by atoms with Crippen molar-refractivity contribution in [2.24, 2.45) is 5.92 Å².